The van der Waals surface area contributed by atoms with E-state index < -0.39 is 0 Å². The van der Waals surface area contributed by atoms with Crippen molar-refractivity contribution in [3.63, 3.8) is 0 Å². The van der Waals surface area contributed by atoms with E-state index >= 15 is 0 Å². The van der Waals surface area contributed by atoms with E-state index in [0.29, 0.717) is 23.8 Å². The molecule has 0 saturated heterocycles. The zero-order valence-corrected chi connectivity index (χ0v) is 11.7. The molecule has 1 aromatic heterocycles. The monoisotopic (exact) mass is 277 g/mol. The van der Waals surface area contributed by atoms with Crippen LogP contribution >= 0.6 is 11.6 Å². The normalized spacial score (nSPS) is 10.5. The molecule has 2 aromatic rings. The van der Waals surface area contributed by atoms with Crippen LogP contribution in [-0.4, -0.2) is 15.7 Å². The second-order valence-electron chi connectivity index (χ2n) is 4.30. The highest BCUT2D eigenvalue weighted by atomic mass is 35.5. The quantitative estimate of drug-likeness (QED) is 0.934. The molecule has 0 unspecified atom stereocenters. The van der Waals surface area contributed by atoms with Crippen molar-refractivity contribution in [2.45, 2.75) is 26.9 Å². The van der Waals surface area contributed by atoms with Gasteiger partial charge in [-0.25, -0.2) is 0 Å². The minimum Gasteiger partial charge on any atom is -0.347 e. The molecule has 2 rings (SSSR count). The first-order valence-electron chi connectivity index (χ1n) is 6.17. The van der Waals surface area contributed by atoms with Gasteiger partial charge in [-0.2, -0.15) is 5.10 Å². The van der Waals surface area contributed by atoms with Gasteiger partial charge in [0.25, 0.3) is 5.91 Å². The van der Waals surface area contributed by atoms with Crippen molar-refractivity contribution < 1.29 is 4.79 Å². The number of halogens is 1. The van der Waals surface area contributed by atoms with Crippen molar-refractivity contribution in [1.29, 1.82) is 0 Å². The van der Waals surface area contributed by atoms with Crippen LogP contribution < -0.4 is 5.32 Å². The summed E-state index contributed by atoms with van der Waals surface area (Å²) in [6, 6.07) is 9.20. The van der Waals surface area contributed by atoms with Crippen LogP contribution in [0.3, 0.4) is 0 Å². The van der Waals surface area contributed by atoms with E-state index in [9.17, 15) is 4.79 Å². The highest BCUT2D eigenvalue weighted by Gasteiger charge is 2.12. The predicted octanol–water partition coefficient (Wildman–Crippen LogP) is 2.79. The Bertz CT molecular complexity index is 575. The molecule has 100 valence electrons. The zero-order chi connectivity index (χ0) is 13.8. The lowest BCUT2D eigenvalue weighted by molar-refractivity contribution is 0.0940. The predicted molar refractivity (Wildman–Crippen MR) is 75.3 cm³/mol. The van der Waals surface area contributed by atoms with Crippen LogP contribution in [0.5, 0.6) is 0 Å². The Hall–Kier alpha value is -1.81. The van der Waals surface area contributed by atoms with Crippen molar-refractivity contribution in [2.24, 2.45) is 0 Å². The zero-order valence-electron chi connectivity index (χ0n) is 11.0. The van der Waals surface area contributed by atoms with Crippen LogP contribution in [0.2, 0.25) is 5.02 Å². The lowest BCUT2D eigenvalue weighted by Crippen LogP contribution is -2.25. The number of carbonyl (C=O) groups excluding carboxylic acids is 1. The summed E-state index contributed by atoms with van der Waals surface area (Å²) in [4.78, 5) is 12.1. The Morgan fingerprint density at radius 2 is 2.05 bits per heavy atom. The van der Waals surface area contributed by atoms with Crippen molar-refractivity contribution in [1.82, 2.24) is 15.1 Å². The van der Waals surface area contributed by atoms with Gasteiger partial charge in [-0.3, -0.25) is 9.48 Å². The van der Waals surface area contributed by atoms with Gasteiger partial charge in [0.05, 0.1) is 5.69 Å². The molecule has 0 bridgehead atoms. The van der Waals surface area contributed by atoms with E-state index in [2.05, 4.69) is 10.4 Å². The van der Waals surface area contributed by atoms with Crippen molar-refractivity contribution in [3.05, 3.63) is 52.3 Å². The van der Waals surface area contributed by atoms with Crippen LogP contribution in [0.4, 0.5) is 0 Å². The first-order chi connectivity index (χ1) is 9.10. The van der Waals surface area contributed by atoms with Gasteiger partial charge in [-0.1, -0.05) is 23.7 Å². The maximum atomic E-state index is 12.1. The largest absolute Gasteiger partial charge is 0.347 e. The molecule has 5 heteroatoms. The summed E-state index contributed by atoms with van der Waals surface area (Å²) in [5, 5.41) is 7.82. The molecule has 19 heavy (non-hydrogen) atoms. The molecule has 0 saturated carbocycles. The fourth-order valence-electron chi connectivity index (χ4n) is 1.84. The number of rotatable bonds is 4. The smallest absolute Gasteiger partial charge is 0.269 e. The van der Waals surface area contributed by atoms with E-state index in [-0.39, 0.29) is 5.91 Å². The lowest BCUT2D eigenvalue weighted by atomic mass is 10.2. The van der Waals surface area contributed by atoms with Gasteiger partial charge in [-0.05, 0) is 37.6 Å². The Labute approximate surface area is 117 Å². The molecule has 0 aliphatic carbocycles. The number of hydrogen-bond acceptors (Lipinski definition) is 2. The van der Waals surface area contributed by atoms with Crippen LogP contribution in [0.1, 0.15) is 28.7 Å². The fourth-order valence-corrected chi connectivity index (χ4v) is 1.97. The summed E-state index contributed by atoms with van der Waals surface area (Å²) in [6.45, 7) is 4.99. The van der Waals surface area contributed by atoms with Crippen molar-refractivity contribution in [3.8, 4) is 0 Å². The van der Waals surface area contributed by atoms with E-state index in [0.717, 1.165) is 11.3 Å². The maximum absolute atomic E-state index is 12.1. The Morgan fingerprint density at radius 3 is 2.68 bits per heavy atom. The highest BCUT2D eigenvalue weighted by Crippen LogP contribution is 2.10. The molecule has 1 amide bonds. The third kappa shape index (κ3) is 3.35. The topological polar surface area (TPSA) is 46.9 Å². The number of aromatic nitrogens is 2. The number of carbonyl (C=O) groups is 1. The number of benzene rings is 1. The van der Waals surface area contributed by atoms with Crippen LogP contribution in [0.15, 0.2) is 30.3 Å². The summed E-state index contributed by atoms with van der Waals surface area (Å²) in [5.74, 6) is -0.114. The SMILES string of the molecule is CCn1nc(C)cc1C(=O)NCc1ccc(Cl)cc1. The van der Waals surface area contributed by atoms with E-state index in [1.165, 1.54) is 0 Å². The Morgan fingerprint density at radius 1 is 1.37 bits per heavy atom. The molecule has 0 radical (unpaired) electrons. The molecule has 4 nitrogen and oxygen atoms in total. The summed E-state index contributed by atoms with van der Waals surface area (Å²) in [6.07, 6.45) is 0. The van der Waals surface area contributed by atoms with E-state index in [1.54, 1.807) is 10.7 Å². The van der Waals surface area contributed by atoms with Crippen molar-refractivity contribution in [2.75, 3.05) is 0 Å². The molecule has 0 aliphatic heterocycles. The van der Waals surface area contributed by atoms with E-state index in [1.807, 2.05) is 38.1 Å². The van der Waals surface area contributed by atoms with Crippen LogP contribution in [-0.2, 0) is 13.1 Å². The highest BCUT2D eigenvalue weighted by molar-refractivity contribution is 6.30. The molecular formula is C14H16ClN3O. The molecule has 0 atom stereocenters. The number of nitrogens with one attached hydrogen (secondary N) is 1. The molecule has 0 aliphatic rings. The third-order valence-electron chi connectivity index (χ3n) is 2.80. The number of aryl methyl sites for hydroxylation is 2. The Kier molecular flexibility index (Phi) is 4.22. The average Bonchev–Trinajstić information content (AvgIpc) is 2.79. The second-order valence-corrected chi connectivity index (χ2v) is 4.73. The van der Waals surface area contributed by atoms with E-state index in [4.69, 9.17) is 11.6 Å². The number of amides is 1. The average molecular weight is 278 g/mol. The summed E-state index contributed by atoms with van der Waals surface area (Å²) in [5.41, 5.74) is 2.45. The number of hydrogen-bond donors (Lipinski definition) is 1. The third-order valence-corrected chi connectivity index (χ3v) is 3.05. The van der Waals surface area contributed by atoms with Gasteiger partial charge in [0.1, 0.15) is 5.69 Å². The van der Waals surface area contributed by atoms with Crippen LogP contribution in [0, 0.1) is 6.92 Å². The Balaban J connectivity index is 2.03. The van der Waals surface area contributed by atoms with Gasteiger partial charge in [0.2, 0.25) is 0 Å². The molecule has 1 heterocycles. The van der Waals surface area contributed by atoms with Gasteiger partial charge < -0.3 is 5.32 Å². The minimum absolute atomic E-state index is 0.114. The van der Waals surface area contributed by atoms with Crippen LogP contribution in [0.25, 0.3) is 0 Å². The minimum atomic E-state index is -0.114. The molecular weight excluding hydrogens is 262 g/mol. The van der Waals surface area contributed by atoms with Gasteiger partial charge in [-0.15, -0.1) is 0 Å². The molecule has 1 aromatic carbocycles. The first kappa shape index (κ1) is 13.6. The van der Waals surface area contributed by atoms with Gasteiger partial charge in [0, 0.05) is 18.1 Å². The maximum Gasteiger partial charge on any atom is 0.269 e. The molecule has 0 spiro atoms. The second kappa shape index (κ2) is 5.89. The standard InChI is InChI=1S/C14H16ClN3O/c1-3-18-13(8-10(2)17-18)14(19)16-9-11-4-6-12(15)7-5-11/h4-8H,3,9H2,1-2H3,(H,16,19). The molecule has 0 fully saturated rings. The summed E-state index contributed by atoms with van der Waals surface area (Å²) < 4.78 is 1.70. The number of nitrogens with zero attached hydrogens (tertiary/aromatic N) is 2. The van der Waals surface area contributed by atoms with Crippen molar-refractivity contribution >= 4 is 17.5 Å². The first-order valence-corrected chi connectivity index (χ1v) is 6.55. The fraction of sp³-hybridized carbons (Fsp3) is 0.286. The van der Waals surface area contributed by atoms with Gasteiger partial charge >= 0.3 is 0 Å². The summed E-state index contributed by atoms with van der Waals surface area (Å²) in [7, 11) is 0. The lowest BCUT2D eigenvalue weighted by Gasteiger charge is -2.06. The van der Waals surface area contributed by atoms with Gasteiger partial charge in [0.15, 0.2) is 0 Å². The molecule has 1 N–H and O–H groups in total. The summed E-state index contributed by atoms with van der Waals surface area (Å²) >= 11 is 5.81.